The van der Waals surface area contributed by atoms with Gasteiger partial charge in [0.1, 0.15) is 0 Å². The van der Waals surface area contributed by atoms with Gasteiger partial charge in [0, 0.05) is 25.3 Å². The number of rotatable bonds is 2. The van der Waals surface area contributed by atoms with E-state index in [9.17, 15) is 4.79 Å². The van der Waals surface area contributed by atoms with Crippen LogP contribution in [0.5, 0.6) is 0 Å². The second-order valence-corrected chi connectivity index (χ2v) is 5.96. The van der Waals surface area contributed by atoms with E-state index in [0.717, 1.165) is 30.9 Å². The molecule has 2 aromatic carbocycles. The molecule has 1 N–H and O–H groups in total. The van der Waals surface area contributed by atoms with Gasteiger partial charge in [-0.1, -0.05) is 42.0 Å². The minimum absolute atomic E-state index is 0.171. The first kappa shape index (κ1) is 14.8. The van der Waals surface area contributed by atoms with Gasteiger partial charge < -0.3 is 10.2 Å². The summed E-state index contributed by atoms with van der Waals surface area (Å²) in [5, 5.41) is 3.38. The summed E-state index contributed by atoms with van der Waals surface area (Å²) in [6.45, 7) is 6.51. The predicted molar refractivity (Wildman–Crippen MR) is 90.1 cm³/mol. The van der Waals surface area contributed by atoms with E-state index in [2.05, 4.69) is 43.4 Å². The molecule has 0 saturated heterocycles. The molecule has 22 heavy (non-hydrogen) atoms. The Hall–Kier alpha value is -2.13. The minimum Gasteiger partial charge on any atom is -0.311 e. The van der Waals surface area contributed by atoms with Crippen LogP contribution in [0.1, 0.15) is 22.3 Å². The molecule has 1 amide bonds. The van der Waals surface area contributed by atoms with Crippen LogP contribution in [-0.2, 0) is 17.8 Å². The van der Waals surface area contributed by atoms with Crippen molar-refractivity contribution in [2.75, 3.05) is 18.0 Å². The van der Waals surface area contributed by atoms with Gasteiger partial charge in [0.25, 0.3) is 0 Å². The van der Waals surface area contributed by atoms with Gasteiger partial charge in [0.05, 0.1) is 6.42 Å². The van der Waals surface area contributed by atoms with Crippen LogP contribution in [0.2, 0.25) is 0 Å². The quantitative estimate of drug-likeness (QED) is 0.923. The largest absolute Gasteiger partial charge is 0.311 e. The Bertz CT molecular complexity index is 694. The van der Waals surface area contributed by atoms with Crippen molar-refractivity contribution in [3.8, 4) is 0 Å². The number of carbonyl (C=O) groups is 1. The summed E-state index contributed by atoms with van der Waals surface area (Å²) in [7, 11) is 0. The highest BCUT2D eigenvalue weighted by Crippen LogP contribution is 2.23. The van der Waals surface area contributed by atoms with Crippen molar-refractivity contribution in [2.24, 2.45) is 0 Å². The predicted octanol–water partition coefficient (Wildman–Crippen LogP) is 2.98. The fraction of sp³-hybridized carbons (Fsp3) is 0.316. The smallest absolute Gasteiger partial charge is 0.231 e. The van der Waals surface area contributed by atoms with E-state index in [1.54, 1.807) is 0 Å². The van der Waals surface area contributed by atoms with E-state index in [1.165, 1.54) is 16.7 Å². The summed E-state index contributed by atoms with van der Waals surface area (Å²) in [4.78, 5) is 14.8. The average molecular weight is 294 g/mol. The van der Waals surface area contributed by atoms with Crippen LogP contribution in [0.4, 0.5) is 5.69 Å². The number of aryl methyl sites for hydroxylation is 2. The first-order valence-electron chi connectivity index (χ1n) is 7.80. The molecule has 0 fully saturated rings. The van der Waals surface area contributed by atoms with Gasteiger partial charge in [-0.15, -0.1) is 0 Å². The van der Waals surface area contributed by atoms with Crippen LogP contribution in [0.15, 0.2) is 42.5 Å². The van der Waals surface area contributed by atoms with Gasteiger partial charge >= 0.3 is 0 Å². The maximum absolute atomic E-state index is 12.8. The lowest BCUT2D eigenvalue weighted by atomic mass is 10.0. The molecular formula is C19H22N2O. The van der Waals surface area contributed by atoms with Crippen LogP contribution < -0.4 is 10.2 Å². The van der Waals surface area contributed by atoms with E-state index < -0.39 is 0 Å². The molecule has 114 valence electrons. The highest BCUT2D eigenvalue weighted by atomic mass is 16.2. The third-order valence-electron chi connectivity index (χ3n) is 4.26. The number of carbonyl (C=O) groups excluding carboxylic acids is 1. The fourth-order valence-corrected chi connectivity index (χ4v) is 2.97. The number of fused-ring (bicyclic) bond motifs is 1. The Balaban J connectivity index is 1.87. The molecule has 0 aromatic heterocycles. The lowest BCUT2D eigenvalue weighted by Gasteiger charge is -2.23. The molecule has 1 aliphatic heterocycles. The lowest BCUT2D eigenvalue weighted by molar-refractivity contribution is -0.118. The van der Waals surface area contributed by atoms with E-state index in [1.807, 2.05) is 23.1 Å². The molecule has 3 nitrogen and oxygen atoms in total. The van der Waals surface area contributed by atoms with E-state index in [0.29, 0.717) is 6.42 Å². The topological polar surface area (TPSA) is 32.3 Å². The monoisotopic (exact) mass is 294 g/mol. The zero-order valence-electron chi connectivity index (χ0n) is 13.2. The van der Waals surface area contributed by atoms with Crippen molar-refractivity contribution >= 4 is 11.6 Å². The van der Waals surface area contributed by atoms with Crippen molar-refractivity contribution in [2.45, 2.75) is 26.8 Å². The molecule has 1 heterocycles. The first-order valence-corrected chi connectivity index (χ1v) is 7.80. The molecule has 0 spiro atoms. The van der Waals surface area contributed by atoms with Crippen molar-refractivity contribution in [1.29, 1.82) is 0 Å². The number of hydrogen-bond acceptors (Lipinski definition) is 2. The number of hydrogen-bond donors (Lipinski definition) is 1. The molecule has 3 heteroatoms. The summed E-state index contributed by atoms with van der Waals surface area (Å²) >= 11 is 0. The molecule has 0 radical (unpaired) electrons. The molecule has 0 unspecified atom stereocenters. The second kappa shape index (κ2) is 6.32. The Kier molecular flexibility index (Phi) is 4.25. The normalized spacial score (nSPS) is 14.4. The van der Waals surface area contributed by atoms with E-state index in [4.69, 9.17) is 0 Å². The van der Waals surface area contributed by atoms with Gasteiger partial charge in [-0.25, -0.2) is 0 Å². The number of nitrogens with one attached hydrogen (secondary N) is 1. The maximum Gasteiger partial charge on any atom is 0.231 e. The van der Waals surface area contributed by atoms with Gasteiger partial charge in [-0.05, 0) is 36.6 Å². The second-order valence-electron chi connectivity index (χ2n) is 5.96. The summed E-state index contributed by atoms with van der Waals surface area (Å²) < 4.78 is 0. The van der Waals surface area contributed by atoms with Crippen LogP contribution >= 0.6 is 0 Å². The summed E-state index contributed by atoms with van der Waals surface area (Å²) in [5.41, 5.74) is 5.74. The SMILES string of the molecule is Cc1ccc(C)c(CC(=O)N2CCNCc3ccccc32)c1. The van der Waals surface area contributed by atoms with Crippen molar-refractivity contribution in [3.05, 3.63) is 64.7 Å². The van der Waals surface area contributed by atoms with Crippen LogP contribution in [-0.4, -0.2) is 19.0 Å². The molecule has 2 aromatic rings. The number of anilines is 1. The van der Waals surface area contributed by atoms with Crippen LogP contribution in [0, 0.1) is 13.8 Å². The third-order valence-corrected chi connectivity index (χ3v) is 4.26. The van der Waals surface area contributed by atoms with Crippen LogP contribution in [0.3, 0.4) is 0 Å². The highest BCUT2D eigenvalue weighted by Gasteiger charge is 2.21. The first-order chi connectivity index (χ1) is 10.6. The summed E-state index contributed by atoms with van der Waals surface area (Å²) in [6, 6.07) is 14.5. The number of nitrogens with zero attached hydrogens (tertiary/aromatic N) is 1. The highest BCUT2D eigenvalue weighted by molar-refractivity contribution is 5.95. The molecule has 0 saturated carbocycles. The average Bonchev–Trinajstić information content (AvgIpc) is 2.73. The molecule has 0 atom stereocenters. The Morgan fingerprint density at radius 2 is 2.00 bits per heavy atom. The fourth-order valence-electron chi connectivity index (χ4n) is 2.97. The Morgan fingerprint density at radius 3 is 2.86 bits per heavy atom. The van der Waals surface area contributed by atoms with Crippen molar-refractivity contribution < 1.29 is 4.79 Å². The van der Waals surface area contributed by atoms with Gasteiger partial charge in [0.2, 0.25) is 5.91 Å². The van der Waals surface area contributed by atoms with E-state index in [-0.39, 0.29) is 5.91 Å². The molecular weight excluding hydrogens is 272 g/mol. The van der Waals surface area contributed by atoms with Gasteiger partial charge in [-0.3, -0.25) is 4.79 Å². The van der Waals surface area contributed by atoms with Crippen molar-refractivity contribution in [1.82, 2.24) is 5.32 Å². The van der Waals surface area contributed by atoms with Gasteiger partial charge in [-0.2, -0.15) is 0 Å². The maximum atomic E-state index is 12.8. The minimum atomic E-state index is 0.171. The third kappa shape index (κ3) is 3.04. The number of benzene rings is 2. The standard InChI is InChI=1S/C19H22N2O/c1-14-7-8-15(2)17(11-14)12-19(22)21-10-9-20-13-16-5-3-4-6-18(16)21/h3-8,11,20H,9-10,12-13H2,1-2H3. The van der Waals surface area contributed by atoms with Crippen LogP contribution in [0.25, 0.3) is 0 Å². The van der Waals surface area contributed by atoms with Gasteiger partial charge in [0.15, 0.2) is 0 Å². The zero-order valence-corrected chi connectivity index (χ0v) is 13.2. The molecule has 0 aliphatic carbocycles. The van der Waals surface area contributed by atoms with E-state index >= 15 is 0 Å². The molecule has 0 bridgehead atoms. The van der Waals surface area contributed by atoms with Crippen molar-refractivity contribution in [3.63, 3.8) is 0 Å². The summed E-state index contributed by atoms with van der Waals surface area (Å²) in [5.74, 6) is 0.171. The molecule has 3 rings (SSSR count). The zero-order chi connectivity index (χ0) is 15.5. The number of amides is 1. The number of para-hydroxylation sites is 1. The molecule has 1 aliphatic rings. The Morgan fingerprint density at radius 1 is 1.18 bits per heavy atom. The summed E-state index contributed by atoms with van der Waals surface area (Å²) in [6.07, 6.45) is 0.460. The lowest BCUT2D eigenvalue weighted by Crippen LogP contribution is -2.35. The Labute approximate surface area is 132 Å².